The standard InChI is InChI=1S/C11H15N.C8H8N2.3C2H6/c1-4-10-8-9(3)6-7-11(10)12-5-2;1-6-2-3-8-7(4-6)5-9-10-8;3*1-2/h5-8H,4H2,1-3H3;2-5H,1H3,(H,9,10);3*1-2H3. The molecule has 0 aliphatic carbocycles. The number of benzene rings is 2. The van der Waals surface area contributed by atoms with Crippen LogP contribution >= 0.6 is 0 Å². The van der Waals surface area contributed by atoms with Crippen LogP contribution in [0.1, 0.15) is 72.1 Å². The van der Waals surface area contributed by atoms with Gasteiger partial charge in [-0.25, -0.2) is 0 Å². The van der Waals surface area contributed by atoms with Crippen LogP contribution in [0.5, 0.6) is 0 Å². The van der Waals surface area contributed by atoms with E-state index in [9.17, 15) is 0 Å². The molecule has 0 saturated carbocycles. The highest BCUT2D eigenvalue weighted by atomic mass is 15.1. The van der Waals surface area contributed by atoms with Gasteiger partial charge in [-0.2, -0.15) is 5.10 Å². The summed E-state index contributed by atoms with van der Waals surface area (Å²) in [6.07, 6.45) is 4.72. The van der Waals surface area contributed by atoms with E-state index in [4.69, 9.17) is 0 Å². The zero-order chi connectivity index (χ0) is 21.9. The number of rotatable bonds is 2. The topological polar surface area (TPSA) is 41.0 Å². The van der Waals surface area contributed by atoms with Gasteiger partial charge in [-0.1, -0.05) is 77.8 Å². The molecule has 0 aliphatic rings. The van der Waals surface area contributed by atoms with Crippen molar-refractivity contribution in [1.82, 2.24) is 10.2 Å². The molecule has 0 fully saturated rings. The third-order valence-electron chi connectivity index (χ3n) is 3.48. The molecule has 0 spiro atoms. The van der Waals surface area contributed by atoms with Crippen LogP contribution < -0.4 is 0 Å². The Hall–Kier alpha value is -2.42. The Morgan fingerprint density at radius 2 is 1.46 bits per heavy atom. The molecule has 2 aromatic carbocycles. The van der Waals surface area contributed by atoms with E-state index >= 15 is 0 Å². The molecule has 0 atom stereocenters. The predicted octanol–water partition coefficient (Wildman–Crippen LogP) is 8.23. The van der Waals surface area contributed by atoms with Gasteiger partial charge in [0.1, 0.15) is 0 Å². The number of aromatic nitrogens is 2. The summed E-state index contributed by atoms with van der Waals surface area (Å²) in [6, 6.07) is 12.6. The van der Waals surface area contributed by atoms with Gasteiger partial charge in [0, 0.05) is 11.6 Å². The Balaban J connectivity index is 0. The summed E-state index contributed by atoms with van der Waals surface area (Å²) >= 11 is 0. The molecular weight excluding hydrogens is 342 g/mol. The van der Waals surface area contributed by atoms with E-state index in [1.165, 1.54) is 22.1 Å². The fourth-order valence-electron chi connectivity index (χ4n) is 2.32. The van der Waals surface area contributed by atoms with Gasteiger partial charge in [0.2, 0.25) is 0 Å². The number of nitrogens with zero attached hydrogens (tertiary/aromatic N) is 2. The highest BCUT2D eigenvalue weighted by molar-refractivity contribution is 5.78. The number of aliphatic imine (C=N–C) groups is 1. The van der Waals surface area contributed by atoms with E-state index < -0.39 is 0 Å². The number of nitrogens with one attached hydrogen (secondary N) is 1. The van der Waals surface area contributed by atoms with Crippen molar-refractivity contribution in [2.75, 3.05) is 0 Å². The molecular formula is C25H41N3. The third kappa shape index (κ3) is 10.1. The largest absolute Gasteiger partial charge is 0.278 e. The summed E-state index contributed by atoms with van der Waals surface area (Å²) in [5, 5.41) is 7.99. The minimum absolute atomic E-state index is 1.05. The summed E-state index contributed by atoms with van der Waals surface area (Å²) < 4.78 is 0. The van der Waals surface area contributed by atoms with Crippen molar-refractivity contribution in [1.29, 1.82) is 0 Å². The Kier molecular flexibility index (Phi) is 17.8. The van der Waals surface area contributed by atoms with Gasteiger partial charge in [-0.15, -0.1) is 0 Å². The summed E-state index contributed by atoms with van der Waals surface area (Å²) in [5.74, 6) is 0. The van der Waals surface area contributed by atoms with E-state index in [-0.39, 0.29) is 0 Å². The first-order valence-electron chi connectivity index (χ1n) is 10.6. The van der Waals surface area contributed by atoms with Gasteiger partial charge >= 0.3 is 0 Å². The SMILES string of the molecule is CC.CC.CC.CC=Nc1ccc(C)cc1CC.Cc1ccc2[nH]ncc2c1. The molecule has 1 N–H and O–H groups in total. The number of H-pyrrole nitrogens is 1. The second-order valence-electron chi connectivity index (χ2n) is 5.33. The number of hydrogen-bond acceptors (Lipinski definition) is 2. The van der Waals surface area contributed by atoms with Gasteiger partial charge in [-0.3, -0.25) is 10.1 Å². The molecule has 0 aliphatic heterocycles. The van der Waals surface area contributed by atoms with E-state index in [0.29, 0.717) is 0 Å². The van der Waals surface area contributed by atoms with Crippen LogP contribution in [0.4, 0.5) is 5.69 Å². The number of hydrogen-bond donors (Lipinski definition) is 1. The van der Waals surface area contributed by atoms with Crippen LogP contribution in [0.3, 0.4) is 0 Å². The molecule has 0 unspecified atom stereocenters. The third-order valence-corrected chi connectivity index (χ3v) is 3.48. The molecule has 0 amide bonds. The normalized spacial score (nSPS) is 9.07. The van der Waals surface area contributed by atoms with E-state index in [1.54, 1.807) is 0 Å². The van der Waals surface area contributed by atoms with Gasteiger partial charge in [0.15, 0.2) is 0 Å². The molecule has 0 bridgehead atoms. The second-order valence-corrected chi connectivity index (χ2v) is 5.33. The molecule has 156 valence electrons. The lowest BCUT2D eigenvalue weighted by molar-refractivity contribution is 1.12. The molecule has 3 rings (SSSR count). The molecule has 0 radical (unpaired) electrons. The summed E-state index contributed by atoms with van der Waals surface area (Å²) in [5.41, 5.74) is 6.11. The lowest BCUT2D eigenvalue weighted by atomic mass is 10.1. The minimum Gasteiger partial charge on any atom is -0.278 e. The van der Waals surface area contributed by atoms with Crippen molar-refractivity contribution >= 4 is 22.8 Å². The van der Waals surface area contributed by atoms with Crippen LogP contribution in [-0.4, -0.2) is 16.4 Å². The quantitative estimate of drug-likeness (QED) is 0.445. The average molecular weight is 384 g/mol. The van der Waals surface area contributed by atoms with Crippen LogP contribution in [0.15, 0.2) is 47.6 Å². The average Bonchev–Trinajstić information content (AvgIpc) is 3.22. The zero-order valence-electron chi connectivity index (χ0n) is 19.7. The monoisotopic (exact) mass is 383 g/mol. The van der Waals surface area contributed by atoms with Gasteiger partial charge in [0.05, 0.1) is 17.4 Å². The lowest BCUT2D eigenvalue weighted by Gasteiger charge is -2.03. The molecule has 0 saturated heterocycles. The van der Waals surface area contributed by atoms with E-state index in [1.807, 2.05) is 66.9 Å². The van der Waals surface area contributed by atoms with E-state index in [2.05, 4.69) is 66.3 Å². The van der Waals surface area contributed by atoms with Crippen LogP contribution in [0.25, 0.3) is 10.9 Å². The minimum atomic E-state index is 1.05. The lowest BCUT2D eigenvalue weighted by Crippen LogP contribution is -1.82. The Morgan fingerprint density at radius 3 is 2.04 bits per heavy atom. The van der Waals surface area contributed by atoms with Crippen LogP contribution in [0.2, 0.25) is 0 Å². The van der Waals surface area contributed by atoms with Gasteiger partial charge in [-0.05, 0) is 51.0 Å². The van der Waals surface area contributed by atoms with Crippen molar-refractivity contribution in [2.24, 2.45) is 4.99 Å². The molecule has 3 nitrogen and oxygen atoms in total. The van der Waals surface area contributed by atoms with Crippen molar-refractivity contribution in [2.45, 2.75) is 75.7 Å². The molecule has 1 heterocycles. The maximum absolute atomic E-state index is 4.29. The fourth-order valence-corrected chi connectivity index (χ4v) is 2.32. The van der Waals surface area contributed by atoms with Crippen LogP contribution in [0, 0.1) is 13.8 Å². The first-order valence-corrected chi connectivity index (χ1v) is 10.6. The maximum atomic E-state index is 4.29. The zero-order valence-corrected chi connectivity index (χ0v) is 19.7. The summed E-state index contributed by atoms with van der Waals surface area (Å²) in [4.78, 5) is 4.29. The highest BCUT2D eigenvalue weighted by Crippen LogP contribution is 2.20. The predicted molar refractivity (Wildman–Crippen MR) is 129 cm³/mol. The van der Waals surface area contributed by atoms with Crippen molar-refractivity contribution in [3.8, 4) is 0 Å². The van der Waals surface area contributed by atoms with Crippen molar-refractivity contribution in [3.63, 3.8) is 0 Å². The maximum Gasteiger partial charge on any atom is 0.0657 e. The second kappa shape index (κ2) is 18.0. The highest BCUT2D eigenvalue weighted by Gasteiger charge is 1.97. The smallest absolute Gasteiger partial charge is 0.0657 e. The fraction of sp³-hybridized carbons (Fsp3) is 0.440. The van der Waals surface area contributed by atoms with Crippen LogP contribution in [-0.2, 0) is 6.42 Å². The van der Waals surface area contributed by atoms with Crippen molar-refractivity contribution < 1.29 is 0 Å². The number of aromatic amines is 1. The van der Waals surface area contributed by atoms with Gasteiger partial charge < -0.3 is 0 Å². The molecule has 3 aromatic rings. The molecule has 28 heavy (non-hydrogen) atoms. The molecule has 1 aromatic heterocycles. The summed E-state index contributed by atoms with van der Waals surface area (Å²) in [6.45, 7) is 20.3. The molecule has 3 heteroatoms. The Morgan fingerprint density at radius 1 is 0.893 bits per heavy atom. The Bertz CT molecular complexity index is 770. The van der Waals surface area contributed by atoms with Crippen molar-refractivity contribution in [3.05, 3.63) is 59.3 Å². The van der Waals surface area contributed by atoms with Gasteiger partial charge in [0.25, 0.3) is 0 Å². The summed E-state index contributed by atoms with van der Waals surface area (Å²) in [7, 11) is 0. The Labute approximate surface area is 173 Å². The van der Waals surface area contributed by atoms with E-state index in [0.717, 1.165) is 17.6 Å². The number of aryl methyl sites for hydroxylation is 3. The first kappa shape index (κ1) is 27.8. The number of fused-ring (bicyclic) bond motifs is 1. The first-order chi connectivity index (χ1) is 13.6.